The Morgan fingerprint density at radius 3 is 1.97 bits per heavy atom. The molecule has 0 aliphatic carbocycles. The summed E-state index contributed by atoms with van der Waals surface area (Å²) in [5.74, 6) is -0.476. The molecule has 3 aromatic carbocycles. The second-order valence-corrected chi connectivity index (χ2v) is 14.0. The van der Waals surface area contributed by atoms with Gasteiger partial charge in [-0.2, -0.15) is 0 Å². The maximum atomic E-state index is 12.9. The van der Waals surface area contributed by atoms with E-state index in [2.05, 4.69) is 69.3 Å². The van der Waals surface area contributed by atoms with Gasteiger partial charge >= 0.3 is 0 Å². The summed E-state index contributed by atoms with van der Waals surface area (Å²) in [5, 5.41) is 14.3. The maximum Gasteiger partial charge on any atom is 0.261 e. The molecule has 0 saturated carbocycles. The quantitative estimate of drug-likeness (QED) is 0.533. The van der Waals surface area contributed by atoms with E-state index in [-0.39, 0.29) is 11.1 Å². The van der Waals surface area contributed by atoms with Crippen LogP contribution in [0.25, 0.3) is 0 Å². The molecule has 0 N–H and O–H groups in total. The molecular weight excluding hydrogens is 426 g/mol. The Kier molecular flexibility index (Phi) is 6.57. The highest BCUT2D eigenvalue weighted by Crippen LogP contribution is 2.38. The maximum absolute atomic E-state index is 12.9. The van der Waals surface area contributed by atoms with E-state index in [0.717, 1.165) is 11.3 Å². The summed E-state index contributed by atoms with van der Waals surface area (Å²) in [6.45, 7) is 8.41. The van der Waals surface area contributed by atoms with Gasteiger partial charge in [0.05, 0.1) is 12.6 Å². The van der Waals surface area contributed by atoms with Gasteiger partial charge in [-0.3, -0.25) is 4.79 Å². The first-order valence-corrected chi connectivity index (χ1v) is 13.3. The lowest BCUT2D eigenvalue weighted by molar-refractivity contribution is -0.340. The van der Waals surface area contributed by atoms with Crippen LogP contribution in [0, 0.1) is 6.10 Å². The number of fused-ring (bicyclic) bond motifs is 1. The fourth-order valence-corrected chi connectivity index (χ4v) is 9.62. The van der Waals surface area contributed by atoms with Gasteiger partial charge in [0.15, 0.2) is 0 Å². The van der Waals surface area contributed by atoms with Crippen LogP contribution in [0.5, 0.6) is 0 Å². The van der Waals surface area contributed by atoms with Crippen molar-refractivity contribution >= 4 is 30.3 Å². The number of benzene rings is 3. The van der Waals surface area contributed by atoms with Gasteiger partial charge in [-0.05, 0) is 39.6 Å². The van der Waals surface area contributed by atoms with Crippen LogP contribution in [0.15, 0.2) is 84.9 Å². The predicted molar refractivity (Wildman–Crippen MR) is 134 cm³/mol. The topological polar surface area (TPSA) is 52.6 Å². The molecule has 0 aromatic heterocycles. The Hall–Kier alpha value is -2.73. The van der Waals surface area contributed by atoms with E-state index < -0.39 is 20.3 Å². The second-order valence-electron chi connectivity index (χ2n) is 9.69. The third kappa shape index (κ3) is 4.28. The smallest absolute Gasteiger partial charge is 0.261 e. The summed E-state index contributed by atoms with van der Waals surface area (Å²) in [6.07, 6.45) is 0.218. The number of anilines is 1. The Labute approximate surface area is 198 Å². The van der Waals surface area contributed by atoms with Gasteiger partial charge in [0.2, 0.25) is 5.91 Å². The highest BCUT2D eigenvalue weighted by Gasteiger charge is 2.51. The zero-order chi connectivity index (χ0) is 23.6. The molecule has 1 heterocycles. The normalized spacial score (nSPS) is 16.2. The minimum absolute atomic E-state index is 0.156. The van der Waals surface area contributed by atoms with Gasteiger partial charge in [0, 0.05) is 5.69 Å². The Morgan fingerprint density at radius 1 is 0.939 bits per heavy atom. The average molecular weight is 458 g/mol. The van der Waals surface area contributed by atoms with E-state index >= 15 is 0 Å². The fraction of sp³-hybridized carbons (Fsp3) is 0.286. The third-order valence-electron chi connectivity index (χ3n) is 6.50. The molecule has 0 bridgehead atoms. The highest BCUT2D eigenvalue weighted by atomic mass is 28.4. The molecule has 0 spiro atoms. The first kappa shape index (κ1) is 23.4. The summed E-state index contributed by atoms with van der Waals surface area (Å²) < 4.78 is 7.08. The molecule has 3 aromatic rings. The van der Waals surface area contributed by atoms with Crippen molar-refractivity contribution in [3.05, 3.63) is 96.6 Å². The number of hydrogen-bond donors (Lipinski definition) is 0. The molecule has 1 amide bonds. The van der Waals surface area contributed by atoms with Crippen LogP contribution in [-0.2, 0) is 15.6 Å². The van der Waals surface area contributed by atoms with E-state index in [1.165, 1.54) is 17.3 Å². The van der Waals surface area contributed by atoms with Crippen molar-refractivity contribution in [3.63, 3.8) is 0 Å². The molecule has 1 aliphatic heterocycles. The lowest BCUT2D eigenvalue weighted by atomic mass is 10.1. The van der Waals surface area contributed by atoms with Crippen molar-refractivity contribution in [2.24, 2.45) is 0 Å². The molecule has 1 radical (unpaired) electrons. The van der Waals surface area contributed by atoms with Gasteiger partial charge in [-0.25, -0.2) is 0 Å². The number of rotatable bonds is 6. The van der Waals surface area contributed by atoms with Crippen molar-refractivity contribution in [2.75, 3.05) is 11.5 Å². The lowest BCUT2D eigenvalue weighted by Gasteiger charge is -2.44. The van der Waals surface area contributed by atoms with Crippen LogP contribution in [0.4, 0.5) is 5.69 Å². The summed E-state index contributed by atoms with van der Waals surface area (Å²) in [5.41, 5.74) is 1.89. The molecule has 5 heteroatoms. The van der Waals surface area contributed by atoms with Crippen LogP contribution in [0.2, 0.25) is 5.04 Å². The van der Waals surface area contributed by atoms with Crippen molar-refractivity contribution < 1.29 is 14.3 Å². The van der Waals surface area contributed by atoms with Gasteiger partial charge in [-0.1, -0.05) is 107 Å². The van der Waals surface area contributed by atoms with E-state index in [4.69, 9.17) is 4.43 Å². The zero-order valence-corrected chi connectivity index (χ0v) is 20.7. The summed E-state index contributed by atoms with van der Waals surface area (Å²) >= 11 is 0. The monoisotopic (exact) mass is 457 g/mol. The van der Waals surface area contributed by atoms with Crippen molar-refractivity contribution in [3.8, 4) is 0 Å². The van der Waals surface area contributed by atoms with E-state index in [9.17, 15) is 9.90 Å². The van der Waals surface area contributed by atoms with Gasteiger partial charge in [0.1, 0.15) is 0 Å². The second kappa shape index (κ2) is 9.25. The highest BCUT2D eigenvalue weighted by molar-refractivity contribution is 6.99. The summed E-state index contributed by atoms with van der Waals surface area (Å²) in [7, 11) is -2.73. The van der Waals surface area contributed by atoms with Gasteiger partial charge in [0.25, 0.3) is 8.32 Å². The molecule has 0 saturated heterocycles. The SMILES string of the molecule is C[C]([O-])C(=O)N1c2ccccc2C[C@H]1CO[Si](c1ccccc1)(c1ccccc1)C(C)(C)C. The molecule has 4 nitrogen and oxygen atoms in total. The minimum atomic E-state index is -2.73. The number of para-hydroxylation sites is 1. The van der Waals surface area contributed by atoms with Crippen LogP contribution in [0.3, 0.4) is 0 Å². The fourth-order valence-electron chi connectivity index (χ4n) is 5.02. The minimum Gasteiger partial charge on any atom is -0.843 e. The number of amides is 1. The van der Waals surface area contributed by atoms with Crippen molar-refractivity contribution in [2.45, 2.75) is 45.2 Å². The molecule has 1 atom stereocenters. The number of carbonyl (C=O) groups excluding carboxylic acids is 1. The molecule has 33 heavy (non-hydrogen) atoms. The molecular formula is C28H31NO3Si-. The molecule has 0 unspecified atom stereocenters. The third-order valence-corrected chi connectivity index (χ3v) is 11.5. The Balaban J connectivity index is 1.76. The first-order valence-electron chi connectivity index (χ1n) is 11.4. The van der Waals surface area contributed by atoms with E-state index in [0.29, 0.717) is 13.0 Å². The van der Waals surface area contributed by atoms with Crippen LogP contribution in [0.1, 0.15) is 33.3 Å². The van der Waals surface area contributed by atoms with Crippen molar-refractivity contribution in [1.82, 2.24) is 0 Å². The van der Waals surface area contributed by atoms with Crippen LogP contribution < -0.4 is 20.4 Å². The molecule has 4 rings (SSSR count). The standard InChI is InChI=1S/C28H31NO3Si/c1-21(30)27(31)29-23(19-22-13-11-12-18-26(22)29)20-32-33(28(2,3)4,24-14-7-5-8-15-24)25-16-9-6-10-17-25/h5-18,23H,19-20H2,1-4H3/q-1/t23-/m0/s1. The van der Waals surface area contributed by atoms with Gasteiger partial charge in [-0.15, -0.1) is 0 Å². The van der Waals surface area contributed by atoms with Crippen LogP contribution in [-0.4, -0.2) is 26.9 Å². The Bertz CT molecular complexity index is 1050. The van der Waals surface area contributed by atoms with Gasteiger partial charge < -0.3 is 14.4 Å². The average Bonchev–Trinajstić information content (AvgIpc) is 3.17. The largest absolute Gasteiger partial charge is 0.843 e. The van der Waals surface area contributed by atoms with Crippen molar-refractivity contribution in [1.29, 1.82) is 0 Å². The summed E-state index contributed by atoms with van der Waals surface area (Å²) in [4.78, 5) is 14.6. The summed E-state index contributed by atoms with van der Waals surface area (Å²) in [6, 6.07) is 28.5. The number of nitrogens with zero attached hydrogens (tertiary/aromatic N) is 1. The van der Waals surface area contributed by atoms with E-state index in [1.807, 2.05) is 36.4 Å². The molecule has 0 fully saturated rings. The van der Waals surface area contributed by atoms with E-state index in [1.54, 1.807) is 4.90 Å². The Morgan fingerprint density at radius 2 is 1.45 bits per heavy atom. The number of carbonyl (C=O) groups is 1. The predicted octanol–water partition coefficient (Wildman–Crippen LogP) is 3.43. The zero-order valence-electron chi connectivity index (χ0n) is 19.7. The molecule has 171 valence electrons. The molecule has 1 aliphatic rings. The number of hydrogen-bond acceptors (Lipinski definition) is 3. The van der Waals surface area contributed by atoms with Crippen LogP contribution >= 0.6 is 0 Å². The lowest BCUT2D eigenvalue weighted by Crippen LogP contribution is -2.67. The first-order chi connectivity index (χ1) is 15.8.